The van der Waals surface area contributed by atoms with Gasteiger partial charge in [-0.1, -0.05) is 0 Å². The van der Waals surface area contributed by atoms with Gasteiger partial charge in [-0.3, -0.25) is 28.4 Å². The molecule has 10 heteroatoms. The first-order chi connectivity index (χ1) is 16.5. The van der Waals surface area contributed by atoms with Crippen LogP contribution in [-0.2, 0) is 0 Å². The van der Waals surface area contributed by atoms with Crippen LogP contribution in [0.2, 0.25) is 0 Å². The lowest BCUT2D eigenvalue weighted by Crippen LogP contribution is -2.17. The number of fused-ring (bicyclic) bond motifs is 8. The number of halogens is 2. The summed E-state index contributed by atoms with van der Waals surface area (Å²) in [6.07, 6.45) is 4.88. The largest absolute Gasteiger partial charge is 0.268 e. The van der Waals surface area contributed by atoms with Gasteiger partial charge in [-0.05, 0) is 24.3 Å². The summed E-state index contributed by atoms with van der Waals surface area (Å²) in [5.74, 6) is -1.31. The first kappa shape index (κ1) is 17.7. The zero-order valence-corrected chi connectivity index (χ0v) is 16.9. The second-order valence-corrected chi connectivity index (χ2v) is 8.20. The highest BCUT2D eigenvalue weighted by atomic mass is 19.1. The number of benzene rings is 2. The summed E-state index contributed by atoms with van der Waals surface area (Å²) >= 11 is 0. The zero-order valence-electron chi connectivity index (χ0n) is 16.9. The highest BCUT2D eigenvalue weighted by Gasteiger charge is 2.23. The highest BCUT2D eigenvalue weighted by molar-refractivity contribution is 6.27. The van der Waals surface area contributed by atoms with Crippen molar-refractivity contribution in [1.29, 1.82) is 0 Å². The quantitative estimate of drug-likeness (QED) is 0.329. The van der Waals surface area contributed by atoms with Gasteiger partial charge in [-0.2, -0.15) is 0 Å². The van der Waals surface area contributed by atoms with Gasteiger partial charge in [0.05, 0.1) is 24.8 Å². The Labute approximate surface area is 185 Å². The van der Waals surface area contributed by atoms with E-state index in [9.17, 15) is 18.4 Å². The second kappa shape index (κ2) is 5.54. The van der Waals surface area contributed by atoms with Crippen molar-refractivity contribution in [2.24, 2.45) is 0 Å². The van der Waals surface area contributed by atoms with Crippen molar-refractivity contribution in [2.45, 2.75) is 0 Å². The van der Waals surface area contributed by atoms with Gasteiger partial charge >= 0.3 is 0 Å². The van der Waals surface area contributed by atoms with E-state index in [1.807, 2.05) is 0 Å². The summed E-state index contributed by atoms with van der Waals surface area (Å²) in [4.78, 5) is 43.7. The summed E-state index contributed by atoms with van der Waals surface area (Å²) in [7, 11) is 0. The SMILES string of the molecule is O=c1c2ccc3c(=O)n4c(nc5cncc(F)c54)c4ccc(c2c34)c2nc3cncc(F)c3n12. The molecule has 0 unspecified atom stereocenters. The van der Waals surface area contributed by atoms with Crippen molar-refractivity contribution in [2.75, 3.05) is 0 Å². The van der Waals surface area contributed by atoms with Gasteiger partial charge in [0.1, 0.15) is 33.4 Å². The van der Waals surface area contributed by atoms with E-state index in [4.69, 9.17) is 0 Å². The Balaban J connectivity index is 1.72. The van der Waals surface area contributed by atoms with Crippen molar-refractivity contribution in [1.82, 2.24) is 28.7 Å². The van der Waals surface area contributed by atoms with E-state index in [1.165, 1.54) is 21.2 Å². The molecule has 0 saturated heterocycles. The predicted molar refractivity (Wildman–Crippen MR) is 122 cm³/mol. The molecule has 0 aliphatic carbocycles. The van der Waals surface area contributed by atoms with Crippen LogP contribution in [0, 0.1) is 11.6 Å². The van der Waals surface area contributed by atoms with E-state index >= 15 is 0 Å². The maximum atomic E-state index is 14.6. The number of imidazole rings is 2. The smallest absolute Gasteiger partial charge is 0.264 e. The van der Waals surface area contributed by atoms with E-state index in [1.54, 1.807) is 24.3 Å². The van der Waals surface area contributed by atoms with Gasteiger partial charge in [0.2, 0.25) is 0 Å². The minimum Gasteiger partial charge on any atom is -0.268 e. The summed E-state index contributed by atoms with van der Waals surface area (Å²) in [6.45, 7) is 0. The summed E-state index contributed by atoms with van der Waals surface area (Å²) < 4.78 is 31.7. The summed E-state index contributed by atoms with van der Waals surface area (Å²) in [6, 6.07) is 6.60. The van der Waals surface area contributed by atoms with Gasteiger partial charge in [0.15, 0.2) is 11.6 Å². The first-order valence-corrected chi connectivity index (χ1v) is 10.3. The lowest BCUT2D eigenvalue weighted by atomic mass is 9.96. The molecule has 0 N–H and O–H groups in total. The predicted octanol–water partition coefficient (Wildman–Crippen LogP) is 3.41. The minimum atomic E-state index is -0.654. The van der Waals surface area contributed by atoms with Crippen LogP contribution < -0.4 is 11.1 Å². The van der Waals surface area contributed by atoms with Crippen LogP contribution in [0.25, 0.3) is 65.7 Å². The maximum Gasteiger partial charge on any atom is 0.264 e. The molecule has 0 atom stereocenters. The minimum absolute atomic E-state index is 0.0508. The van der Waals surface area contributed by atoms with Crippen molar-refractivity contribution < 1.29 is 8.78 Å². The molecule has 160 valence electrons. The molecular formula is C24H8F2N6O2. The topological polar surface area (TPSA) is 94.5 Å². The Morgan fingerprint density at radius 2 is 1.00 bits per heavy atom. The van der Waals surface area contributed by atoms with E-state index in [2.05, 4.69) is 19.9 Å². The number of rotatable bonds is 0. The number of hydrogen-bond acceptors (Lipinski definition) is 6. The molecular weight excluding hydrogens is 442 g/mol. The fraction of sp³-hybridized carbons (Fsp3) is 0. The molecule has 8 nitrogen and oxygen atoms in total. The maximum absolute atomic E-state index is 14.6. The molecule has 0 bridgehead atoms. The van der Waals surface area contributed by atoms with Crippen LogP contribution in [0.3, 0.4) is 0 Å². The van der Waals surface area contributed by atoms with Crippen molar-refractivity contribution in [3.8, 4) is 0 Å². The lowest BCUT2D eigenvalue weighted by molar-refractivity contribution is 0.629. The van der Waals surface area contributed by atoms with Gasteiger partial charge < -0.3 is 0 Å². The average molecular weight is 450 g/mol. The van der Waals surface area contributed by atoms with Crippen LogP contribution in [0.5, 0.6) is 0 Å². The summed E-state index contributed by atoms with van der Waals surface area (Å²) in [5, 5.41) is 2.84. The number of nitrogens with zero attached hydrogens (tertiary/aromatic N) is 6. The highest BCUT2D eigenvalue weighted by Crippen LogP contribution is 2.36. The van der Waals surface area contributed by atoms with Crippen molar-refractivity contribution in [3.05, 3.63) is 81.4 Å². The Morgan fingerprint density at radius 3 is 1.44 bits per heavy atom. The van der Waals surface area contributed by atoms with Crippen LogP contribution >= 0.6 is 0 Å². The number of pyridine rings is 4. The normalized spacial score (nSPS) is 12.6. The van der Waals surface area contributed by atoms with Crippen molar-refractivity contribution in [3.63, 3.8) is 0 Å². The third kappa shape index (κ3) is 1.81. The van der Waals surface area contributed by atoms with E-state index in [-0.39, 0.29) is 33.4 Å². The van der Waals surface area contributed by atoms with Crippen LogP contribution in [0.15, 0.2) is 58.6 Å². The molecule has 6 heterocycles. The molecule has 0 fully saturated rings. The van der Waals surface area contributed by atoms with Crippen LogP contribution in [-0.4, -0.2) is 28.7 Å². The fourth-order valence-corrected chi connectivity index (χ4v) is 5.20. The molecule has 6 aromatic heterocycles. The molecule has 2 aromatic carbocycles. The molecule has 8 aromatic rings. The van der Waals surface area contributed by atoms with Gasteiger partial charge in [-0.15, -0.1) is 0 Å². The Hall–Kier alpha value is -4.86. The molecule has 0 aliphatic heterocycles. The summed E-state index contributed by atoms with van der Waals surface area (Å²) in [5.41, 5.74) is 0.226. The van der Waals surface area contributed by atoms with Crippen LogP contribution in [0.4, 0.5) is 8.78 Å². The second-order valence-electron chi connectivity index (χ2n) is 8.20. The molecule has 0 aliphatic rings. The first-order valence-electron chi connectivity index (χ1n) is 10.3. The number of aromatic nitrogens is 6. The molecule has 0 saturated carbocycles. The molecule has 0 amide bonds. The Bertz CT molecular complexity index is 2140. The van der Waals surface area contributed by atoms with Gasteiger partial charge in [0.25, 0.3) is 11.1 Å². The number of hydrogen-bond donors (Lipinski definition) is 0. The molecule has 34 heavy (non-hydrogen) atoms. The Kier molecular flexibility index (Phi) is 2.88. The Morgan fingerprint density at radius 1 is 0.588 bits per heavy atom. The third-order valence-electron chi connectivity index (χ3n) is 6.54. The van der Waals surface area contributed by atoms with E-state index < -0.39 is 22.8 Å². The molecule has 0 radical (unpaired) electrons. The fourth-order valence-electron chi connectivity index (χ4n) is 5.20. The molecule has 8 rings (SSSR count). The van der Waals surface area contributed by atoms with Gasteiger partial charge in [-0.25, -0.2) is 18.7 Å². The monoisotopic (exact) mass is 450 g/mol. The molecule has 0 spiro atoms. The standard InChI is InChI=1S/C24H8F2N6O2/c25-13-5-27-7-15-19(13)31-21(29-15)9-1-2-10-18-12(4-3-11(17(9)18)23(31)33)24(34)32-20-14(26)6-28-8-16(20)30-22(10)32/h1-8H. The average Bonchev–Trinajstić information content (AvgIpc) is 3.42. The van der Waals surface area contributed by atoms with E-state index in [0.29, 0.717) is 32.3 Å². The van der Waals surface area contributed by atoms with Gasteiger partial charge in [0, 0.05) is 32.3 Å². The third-order valence-corrected chi connectivity index (χ3v) is 6.54. The lowest BCUT2D eigenvalue weighted by Gasteiger charge is -2.12. The van der Waals surface area contributed by atoms with Crippen molar-refractivity contribution >= 4 is 65.7 Å². The zero-order chi connectivity index (χ0) is 22.9. The van der Waals surface area contributed by atoms with Crippen LogP contribution in [0.1, 0.15) is 0 Å². The van der Waals surface area contributed by atoms with E-state index in [0.717, 1.165) is 12.4 Å².